The molecule has 1 aliphatic carbocycles. The first-order chi connectivity index (χ1) is 12.3. The molecule has 5 heteroatoms. The highest BCUT2D eigenvalue weighted by Crippen LogP contribution is 2.54. The molecular formula is C21H35N5. The Morgan fingerprint density at radius 3 is 2.58 bits per heavy atom. The van der Waals surface area contributed by atoms with Crippen LogP contribution in [-0.4, -0.2) is 35.1 Å². The Labute approximate surface area is 158 Å². The summed E-state index contributed by atoms with van der Waals surface area (Å²) in [6, 6.07) is 1.11. The van der Waals surface area contributed by atoms with Crippen LogP contribution in [0.5, 0.6) is 0 Å². The third-order valence-electron chi connectivity index (χ3n) is 6.90. The number of piperidine rings is 1. The average molecular weight is 358 g/mol. The van der Waals surface area contributed by atoms with Gasteiger partial charge >= 0.3 is 0 Å². The molecule has 1 aromatic rings. The smallest absolute Gasteiger partial charge is 0.157 e. The maximum absolute atomic E-state index is 6.70. The van der Waals surface area contributed by atoms with Crippen molar-refractivity contribution in [1.82, 2.24) is 9.97 Å². The van der Waals surface area contributed by atoms with Gasteiger partial charge in [0.05, 0.1) is 0 Å². The van der Waals surface area contributed by atoms with E-state index in [1.807, 2.05) is 0 Å². The number of hydrogen-bond acceptors (Lipinski definition) is 5. The van der Waals surface area contributed by atoms with E-state index < -0.39 is 0 Å². The lowest BCUT2D eigenvalue weighted by atomic mass is 9.65. The van der Waals surface area contributed by atoms with Gasteiger partial charge < -0.3 is 15.5 Å². The van der Waals surface area contributed by atoms with Crippen LogP contribution in [0.4, 0.5) is 17.3 Å². The number of nitrogens with two attached hydrogens (primary N) is 1. The number of aromatic nitrogens is 2. The van der Waals surface area contributed by atoms with Crippen molar-refractivity contribution in [2.75, 3.05) is 28.6 Å². The maximum atomic E-state index is 6.70. The predicted octanol–water partition coefficient (Wildman–Crippen LogP) is 4.23. The van der Waals surface area contributed by atoms with E-state index in [2.05, 4.69) is 47.5 Å². The Balaban J connectivity index is 1.66. The van der Waals surface area contributed by atoms with Crippen molar-refractivity contribution >= 4 is 17.3 Å². The van der Waals surface area contributed by atoms with E-state index in [0.29, 0.717) is 22.9 Å². The minimum atomic E-state index is 0.376. The quantitative estimate of drug-likeness (QED) is 0.877. The SMILES string of the molecule is CCC1CCCCN1c1ncnc(N2CC3(C)CC2CC(C)(C)C3)c1N. The number of rotatable bonds is 3. The molecule has 26 heavy (non-hydrogen) atoms. The Morgan fingerprint density at radius 1 is 1.12 bits per heavy atom. The topological polar surface area (TPSA) is 58.3 Å². The molecule has 0 aromatic carbocycles. The predicted molar refractivity (Wildman–Crippen MR) is 109 cm³/mol. The van der Waals surface area contributed by atoms with Crippen LogP contribution in [0.3, 0.4) is 0 Å². The van der Waals surface area contributed by atoms with Crippen molar-refractivity contribution in [3.63, 3.8) is 0 Å². The van der Waals surface area contributed by atoms with E-state index in [1.54, 1.807) is 6.33 Å². The lowest BCUT2D eigenvalue weighted by Gasteiger charge is -2.40. The molecule has 2 N–H and O–H groups in total. The Morgan fingerprint density at radius 2 is 1.85 bits per heavy atom. The van der Waals surface area contributed by atoms with Gasteiger partial charge in [-0.05, 0) is 55.8 Å². The normalized spacial score (nSPS) is 33.5. The molecule has 144 valence electrons. The molecule has 2 aliphatic heterocycles. The fourth-order valence-corrected chi connectivity index (χ4v) is 6.25. The van der Waals surface area contributed by atoms with Gasteiger partial charge in [-0.1, -0.05) is 27.7 Å². The summed E-state index contributed by atoms with van der Waals surface area (Å²) >= 11 is 0. The molecule has 3 heterocycles. The van der Waals surface area contributed by atoms with Crippen LogP contribution in [0, 0.1) is 10.8 Å². The van der Waals surface area contributed by atoms with Gasteiger partial charge in [0, 0.05) is 25.2 Å². The third-order valence-corrected chi connectivity index (χ3v) is 6.90. The molecule has 0 amide bonds. The highest BCUT2D eigenvalue weighted by molar-refractivity contribution is 5.76. The standard InChI is InChI=1S/C21H35N5/c1-5-15-8-6-7-9-25(15)18-17(22)19(24-14-23-18)26-13-21(4)11-16(26)10-20(2,3)12-21/h14-16H,5-13,22H2,1-4H3. The molecule has 3 aliphatic rings. The summed E-state index contributed by atoms with van der Waals surface area (Å²) in [5, 5.41) is 0. The molecule has 5 nitrogen and oxygen atoms in total. The largest absolute Gasteiger partial charge is 0.393 e. The molecule has 2 saturated heterocycles. The van der Waals surface area contributed by atoms with E-state index in [0.717, 1.165) is 36.8 Å². The summed E-state index contributed by atoms with van der Waals surface area (Å²) < 4.78 is 0. The highest BCUT2D eigenvalue weighted by Gasteiger charge is 2.50. The second-order valence-electron chi connectivity index (χ2n) is 10.0. The Kier molecular flexibility index (Phi) is 4.31. The van der Waals surface area contributed by atoms with Crippen LogP contribution in [0.1, 0.15) is 72.6 Å². The zero-order valence-electron chi connectivity index (χ0n) is 17.0. The van der Waals surface area contributed by atoms with E-state index in [4.69, 9.17) is 5.73 Å². The molecule has 2 bridgehead atoms. The van der Waals surface area contributed by atoms with Crippen molar-refractivity contribution in [3.8, 4) is 0 Å². The van der Waals surface area contributed by atoms with Crippen LogP contribution in [0.15, 0.2) is 6.33 Å². The van der Waals surface area contributed by atoms with Crippen LogP contribution in [0.25, 0.3) is 0 Å². The van der Waals surface area contributed by atoms with Crippen molar-refractivity contribution in [2.45, 2.75) is 84.7 Å². The van der Waals surface area contributed by atoms with Gasteiger partial charge in [-0.2, -0.15) is 0 Å². The molecule has 3 atom stereocenters. The zero-order chi connectivity index (χ0) is 18.5. The molecule has 1 saturated carbocycles. The van der Waals surface area contributed by atoms with Crippen LogP contribution in [-0.2, 0) is 0 Å². The molecule has 3 unspecified atom stereocenters. The fourth-order valence-electron chi connectivity index (χ4n) is 6.25. The number of hydrogen-bond donors (Lipinski definition) is 1. The first-order valence-electron chi connectivity index (χ1n) is 10.5. The summed E-state index contributed by atoms with van der Waals surface area (Å²) in [5.74, 6) is 1.94. The van der Waals surface area contributed by atoms with E-state index in [1.165, 1.54) is 38.5 Å². The van der Waals surface area contributed by atoms with Crippen molar-refractivity contribution < 1.29 is 0 Å². The average Bonchev–Trinajstić information content (AvgIpc) is 2.84. The monoisotopic (exact) mass is 357 g/mol. The van der Waals surface area contributed by atoms with Gasteiger partial charge in [0.2, 0.25) is 0 Å². The fraction of sp³-hybridized carbons (Fsp3) is 0.810. The first-order valence-corrected chi connectivity index (χ1v) is 10.5. The van der Waals surface area contributed by atoms with E-state index in [9.17, 15) is 0 Å². The number of nitrogens with zero attached hydrogens (tertiary/aromatic N) is 4. The Hall–Kier alpha value is -1.52. The van der Waals surface area contributed by atoms with Gasteiger partial charge in [-0.25, -0.2) is 9.97 Å². The molecule has 1 aromatic heterocycles. The summed E-state index contributed by atoms with van der Waals surface area (Å²) in [6.45, 7) is 11.7. The van der Waals surface area contributed by atoms with Crippen LogP contribution >= 0.6 is 0 Å². The van der Waals surface area contributed by atoms with Gasteiger partial charge in [-0.15, -0.1) is 0 Å². The number of anilines is 3. The summed E-state index contributed by atoms with van der Waals surface area (Å²) in [7, 11) is 0. The van der Waals surface area contributed by atoms with Gasteiger partial charge in [0.1, 0.15) is 12.0 Å². The summed E-state index contributed by atoms with van der Waals surface area (Å²) in [6.07, 6.45) is 10.4. The summed E-state index contributed by atoms with van der Waals surface area (Å²) in [4.78, 5) is 14.2. The second kappa shape index (κ2) is 6.28. The van der Waals surface area contributed by atoms with E-state index >= 15 is 0 Å². The highest BCUT2D eigenvalue weighted by atomic mass is 15.3. The van der Waals surface area contributed by atoms with Gasteiger partial charge in [-0.3, -0.25) is 0 Å². The van der Waals surface area contributed by atoms with Crippen LogP contribution in [0.2, 0.25) is 0 Å². The molecule has 4 rings (SSSR count). The zero-order valence-corrected chi connectivity index (χ0v) is 17.0. The van der Waals surface area contributed by atoms with Crippen molar-refractivity contribution in [1.29, 1.82) is 0 Å². The minimum absolute atomic E-state index is 0.376. The Bertz CT molecular complexity index is 672. The van der Waals surface area contributed by atoms with Crippen molar-refractivity contribution in [2.24, 2.45) is 10.8 Å². The molecule has 0 spiro atoms. The van der Waals surface area contributed by atoms with Crippen molar-refractivity contribution in [3.05, 3.63) is 6.33 Å². The third kappa shape index (κ3) is 3.03. The second-order valence-corrected chi connectivity index (χ2v) is 10.0. The molecular weight excluding hydrogens is 322 g/mol. The number of nitrogen functional groups attached to an aromatic ring is 1. The van der Waals surface area contributed by atoms with Gasteiger partial charge in [0.25, 0.3) is 0 Å². The summed E-state index contributed by atoms with van der Waals surface area (Å²) in [5.41, 5.74) is 8.27. The van der Waals surface area contributed by atoms with Gasteiger partial charge in [0.15, 0.2) is 11.6 Å². The molecule has 0 radical (unpaired) electrons. The minimum Gasteiger partial charge on any atom is -0.393 e. The van der Waals surface area contributed by atoms with Crippen LogP contribution < -0.4 is 15.5 Å². The number of fused-ring (bicyclic) bond motifs is 2. The first kappa shape index (κ1) is 17.9. The lowest BCUT2D eigenvalue weighted by molar-refractivity contribution is 0.136. The molecule has 3 fully saturated rings. The maximum Gasteiger partial charge on any atom is 0.157 e. The lowest BCUT2D eigenvalue weighted by Crippen LogP contribution is -2.40. The van der Waals surface area contributed by atoms with E-state index in [-0.39, 0.29) is 0 Å².